The fourth-order valence-electron chi connectivity index (χ4n) is 3.45. The summed E-state index contributed by atoms with van der Waals surface area (Å²) in [4.78, 5) is 25.7. The molecule has 1 aliphatic heterocycles. The molecule has 9 heteroatoms. The Hall–Kier alpha value is -3.20. The van der Waals surface area contributed by atoms with Gasteiger partial charge in [0, 0.05) is 17.2 Å². The van der Waals surface area contributed by atoms with Gasteiger partial charge in [-0.1, -0.05) is 0 Å². The maximum Gasteiger partial charge on any atom is 0.305 e. The number of nitro groups is 1. The number of ether oxygens (including phenoxy) is 2. The zero-order valence-electron chi connectivity index (χ0n) is 16.3. The summed E-state index contributed by atoms with van der Waals surface area (Å²) in [7, 11) is 3.19. The van der Waals surface area contributed by atoms with Crippen molar-refractivity contribution in [2.75, 3.05) is 40.4 Å². The molecule has 0 unspecified atom stereocenters. The quantitative estimate of drug-likeness (QED) is 0.579. The highest BCUT2D eigenvalue weighted by Crippen LogP contribution is 2.27. The number of nitrogens with one attached hydrogen (secondary N) is 1. The summed E-state index contributed by atoms with van der Waals surface area (Å²) < 4.78 is 24.1. The zero-order chi connectivity index (χ0) is 21.0. The molecule has 0 aromatic heterocycles. The maximum absolute atomic E-state index is 13.5. The molecular formula is C20H23FN3O5+. The second-order valence-electron chi connectivity index (χ2n) is 6.83. The first kappa shape index (κ1) is 20.5. The molecule has 1 saturated heterocycles. The molecule has 0 aliphatic carbocycles. The first-order valence-corrected chi connectivity index (χ1v) is 9.20. The van der Waals surface area contributed by atoms with Crippen molar-refractivity contribution in [3.05, 3.63) is 63.5 Å². The Kier molecular flexibility index (Phi) is 6.28. The number of benzene rings is 2. The minimum Gasteiger partial charge on any atom is -0.493 e. The lowest BCUT2D eigenvalue weighted by atomic mass is 10.1. The Balaban J connectivity index is 1.61. The summed E-state index contributed by atoms with van der Waals surface area (Å²) in [5, 5.41) is 10.9. The summed E-state index contributed by atoms with van der Waals surface area (Å²) >= 11 is 0. The molecule has 1 heterocycles. The van der Waals surface area contributed by atoms with Crippen LogP contribution in [-0.2, 0) is 6.54 Å². The molecule has 29 heavy (non-hydrogen) atoms. The molecule has 1 aliphatic rings. The molecule has 0 saturated carbocycles. The monoisotopic (exact) mass is 404 g/mol. The van der Waals surface area contributed by atoms with E-state index in [1.165, 1.54) is 11.0 Å². The van der Waals surface area contributed by atoms with E-state index in [1.807, 2.05) is 18.2 Å². The fraction of sp³-hybridized carbons (Fsp3) is 0.350. The predicted octanol–water partition coefficient (Wildman–Crippen LogP) is 1.29. The first-order valence-electron chi connectivity index (χ1n) is 9.20. The van der Waals surface area contributed by atoms with Crippen LogP contribution in [0, 0.1) is 15.9 Å². The van der Waals surface area contributed by atoms with Crippen molar-refractivity contribution in [3.8, 4) is 11.5 Å². The van der Waals surface area contributed by atoms with Crippen molar-refractivity contribution < 1.29 is 28.5 Å². The molecule has 2 aromatic carbocycles. The molecular weight excluding hydrogens is 381 g/mol. The van der Waals surface area contributed by atoms with E-state index in [4.69, 9.17) is 9.47 Å². The van der Waals surface area contributed by atoms with E-state index in [2.05, 4.69) is 0 Å². The minimum absolute atomic E-state index is 0.126. The average Bonchev–Trinajstić information content (AvgIpc) is 2.73. The number of hydrogen-bond donors (Lipinski definition) is 1. The van der Waals surface area contributed by atoms with Gasteiger partial charge >= 0.3 is 5.69 Å². The lowest BCUT2D eigenvalue weighted by Gasteiger charge is -2.32. The van der Waals surface area contributed by atoms with Gasteiger partial charge in [-0.25, -0.2) is 0 Å². The van der Waals surface area contributed by atoms with Gasteiger partial charge in [0.25, 0.3) is 5.91 Å². The van der Waals surface area contributed by atoms with Gasteiger partial charge in [0.2, 0.25) is 5.82 Å². The van der Waals surface area contributed by atoms with Crippen LogP contribution < -0.4 is 14.4 Å². The Morgan fingerprint density at radius 2 is 1.83 bits per heavy atom. The van der Waals surface area contributed by atoms with E-state index in [9.17, 15) is 19.3 Å². The highest BCUT2D eigenvalue weighted by atomic mass is 19.1. The molecule has 1 amide bonds. The topological polar surface area (TPSA) is 86.4 Å². The van der Waals surface area contributed by atoms with Crippen molar-refractivity contribution >= 4 is 11.6 Å². The van der Waals surface area contributed by atoms with Gasteiger partial charge in [-0.2, -0.15) is 4.39 Å². The van der Waals surface area contributed by atoms with Crippen LogP contribution in [-0.4, -0.2) is 56.1 Å². The smallest absolute Gasteiger partial charge is 0.305 e. The van der Waals surface area contributed by atoms with Crippen LogP contribution in [0.2, 0.25) is 0 Å². The van der Waals surface area contributed by atoms with Gasteiger partial charge in [-0.05, 0) is 30.3 Å². The highest BCUT2D eigenvalue weighted by Gasteiger charge is 2.26. The van der Waals surface area contributed by atoms with E-state index in [1.54, 1.807) is 19.1 Å². The maximum atomic E-state index is 13.5. The van der Waals surface area contributed by atoms with Crippen LogP contribution in [0.25, 0.3) is 0 Å². The van der Waals surface area contributed by atoms with E-state index >= 15 is 0 Å². The number of nitro benzene ring substituents is 1. The van der Waals surface area contributed by atoms with Crippen LogP contribution in [0.1, 0.15) is 15.9 Å². The number of halogens is 1. The number of piperazine rings is 1. The Morgan fingerprint density at radius 3 is 2.45 bits per heavy atom. The Bertz CT molecular complexity index is 913. The molecule has 1 N–H and O–H groups in total. The van der Waals surface area contributed by atoms with E-state index in [0.29, 0.717) is 24.6 Å². The van der Waals surface area contributed by atoms with Gasteiger partial charge in [-0.15, -0.1) is 0 Å². The zero-order valence-corrected chi connectivity index (χ0v) is 16.3. The summed E-state index contributed by atoms with van der Waals surface area (Å²) in [5.41, 5.74) is 0.543. The summed E-state index contributed by atoms with van der Waals surface area (Å²) in [6, 6.07) is 9.05. The van der Waals surface area contributed by atoms with Crippen LogP contribution in [0.15, 0.2) is 36.4 Å². The fourth-order valence-corrected chi connectivity index (χ4v) is 3.45. The van der Waals surface area contributed by atoms with Crippen LogP contribution in [0.4, 0.5) is 10.1 Å². The summed E-state index contributed by atoms with van der Waals surface area (Å²) in [5.74, 6) is 0.0835. The van der Waals surface area contributed by atoms with Crippen LogP contribution in [0.3, 0.4) is 0 Å². The number of nitrogens with zero attached hydrogens (tertiary/aromatic N) is 2. The number of methoxy groups -OCH3 is 2. The first-order chi connectivity index (χ1) is 13.9. The lowest BCUT2D eigenvalue weighted by molar-refractivity contribution is -0.917. The molecule has 3 rings (SSSR count). The number of carbonyl (C=O) groups is 1. The van der Waals surface area contributed by atoms with Gasteiger partial charge in [0.15, 0.2) is 11.5 Å². The van der Waals surface area contributed by atoms with Crippen molar-refractivity contribution in [1.82, 2.24) is 4.90 Å². The molecule has 8 nitrogen and oxygen atoms in total. The Morgan fingerprint density at radius 1 is 1.14 bits per heavy atom. The number of rotatable bonds is 6. The minimum atomic E-state index is -0.948. The molecule has 0 radical (unpaired) electrons. The molecule has 0 spiro atoms. The van der Waals surface area contributed by atoms with Crippen LogP contribution in [0.5, 0.6) is 11.5 Å². The summed E-state index contributed by atoms with van der Waals surface area (Å²) in [6.07, 6.45) is 0. The van der Waals surface area contributed by atoms with Gasteiger partial charge in [0.05, 0.1) is 45.3 Å². The van der Waals surface area contributed by atoms with Gasteiger partial charge in [-0.3, -0.25) is 14.9 Å². The number of carbonyl (C=O) groups excluding carboxylic acids is 1. The van der Waals surface area contributed by atoms with Crippen molar-refractivity contribution in [2.45, 2.75) is 6.54 Å². The number of amides is 1. The van der Waals surface area contributed by atoms with E-state index < -0.39 is 16.4 Å². The van der Waals surface area contributed by atoms with Gasteiger partial charge < -0.3 is 19.3 Å². The predicted molar refractivity (Wildman–Crippen MR) is 103 cm³/mol. The molecule has 2 aromatic rings. The normalized spacial score (nSPS) is 14.5. The molecule has 1 fully saturated rings. The van der Waals surface area contributed by atoms with Crippen molar-refractivity contribution in [3.63, 3.8) is 0 Å². The van der Waals surface area contributed by atoms with E-state index in [-0.39, 0.29) is 11.5 Å². The van der Waals surface area contributed by atoms with Gasteiger partial charge in [0.1, 0.15) is 6.54 Å². The third-order valence-corrected chi connectivity index (χ3v) is 5.05. The molecule has 154 valence electrons. The third kappa shape index (κ3) is 4.62. The van der Waals surface area contributed by atoms with Crippen LogP contribution >= 0.6 is 0 Å². The second-order valence-corrected chi connectivity index (χ2v) is 6.83. The summed E-state index contributed by atoms with van der Waals surface area (Å²) in [6.45, 7) is 3.30. The molecule has 0 bridgehead atoms. The standard InChI is InChI=1S/C20H22FN3O5/c1-28-18-6-3-14(11-19(18)29-2)13-22-7-9-23(10-8-22)20(25)15-4-5-16(21)17(12-15)24(26)27/h3-6,11-12H,7-10,13H2,1-2H3/p+1. The Labute approximate surface area is 167 Å². The second kappa shape index (κ2) is 8.87. The average molecular weight is 404 g/mol. The van der Waals surface area contributed by atoms with Crippen molar-refractivity contribution in [1.29, 1.82) is 0 Å². The number of quaternary nitrogens is 1. The SMILES string of the molecule is COc1ccc(C[NH+]2CCN(C(=O)c3ccc(F)c([N+](=O)[O-])c3)CC2)cc1OC. The third-order valence-electron chi connectivity index (χ3n) is 5.05. The highest BCUT2D eigenvalue weighted by molar-refractivity contribution is 5.94. The van der Waals surface area contributed by atoms with Crippen molar-refractivity contribution in [2.24, 2.45) is 0 Å². The lowest BCUT2D eigenvalue weighted by Crippen LogP contribution is -3.13. The number of hydrogen-bond acceptors (Lipinski definition) is 5. The largest absolute Gasteiger partial charge is 0.493 e. The molecule has 0 atom stereocenters. The van der Waals surface area contributed by atoms with E-state index in [0.717, 1.165) is 37.3 Å².